The average molecular weight is 420 g/mol. The molecule has 0 aliphatic rings. The second kappa shape index (κ2) is 10.1. The van der Waals surface area contributed by atoms with Gasteiger partial charge in [0.2, 0.25) is 5.91 Å². The molecule has 4 amide bonds. The highest BCUT2D eigenvalue weighted by Gasteiger charge is 2.13. The van der Waals surface area contributed by atoms with Gasteiger partial charge in [-0.25, -0.2) is 4.79 Å². The predicted molar refractivity (Wildman–Crippen MR) is 120 cm³/mol. The third-order valence-electron chi connectivity index (χ3n) is 3.91. The fraction of sp³-hybridized carbons (Fsp3) is 0.0455. The van der Waals surface area contributed by atoms with Crippen LogP contribution in [0.3, 0.4) is 0 Å². The average Bonchev–Trinajstić information content (AvgIpc) is 2.73. The maximum atomic E-state index is 12.7. The summed E-state index contributed by atoms with van der Waals surface area (Å²) in [6, 6.07) is 22.5. The SMILES string of the molecule is NC(=O)CSc1ccccc1C(=O)Nc1cccc(NC(=O)Nc2ccccc2)c1. The van der Waals surface area contributed by atoms with Crippen molar-refractivity contribution >= 4 is 46.7 Å². The Bertz CT molecular complexity index is 1060. The Morgan fingerprint density at radius 1 is 0.733 bits per heavy atom. The fourth-order valence-corrected chi connectivity index (χ4v) is 3.41. The van der Waals surface area contributed by atoms with Crippen LogP contribution in [0.2, 0.25) is 0 Å². The first-order chi connectivity index (χ1) is 14.5. The lowest BCUT2D eigenvalue weighted by atomic mass is 10.2. The Labute approximate surface area is 178 Å². The van der Waals surface area contributed by atoms with E-state index in [4.69, 9.17) is 5.73 Å². The minimum absolute atomic E-state index is 0.0836. The Morgan fingerprint density at radius 3 is 2.07 bits per heavy atom. The van der Waals surface area contributed by atoms with E-state index in [0.29, 0.717) is 27.5 Å². The molecule has 5 N–H and O–H groups in total. The molecular weight excluding hydrogens is 400 g/mol. The maximum Gasteiger partial charge on any atom is 0.323 e. The van der Waals surface area contributed by atoms with Gasteiger partial charge in [0.15, 0.2) is 0 Å². The number of thioether (sulfide) groups is 1. The van der Waals surface area contributed by atoms with Gasteiger partial charge >= 0.3 is 6.03 Å². The lowest BCUT2D eigenvalue weighted by molar-refractivity contribution is -0.115. The molecule has 0 fully saturated rings. The summed E-state index contributed by atoms with van der Waals surface area (Å²) < 4.78 is 0. The number of nitrogens with two attached hydrogens (primary N) is 1. The van der Waals surface area contributed by atoms with Gasteiger partial charge in [0.05, 0.1) is 11.3 Å². The van der Waals surface area contributed by atoms with Crippen molar-refractivity contribution in [2.24, 2.45) is 5.73 Å². The van der Waals surface area contributed by atoms with Crippen molar-refractivity contribution < 1.29 is 14.4 Å². The van der Waals surface area contributed by atoms with E-state index >= 15 is 0 Å². The van der Waals surface area contributed by atoms with Crippen molar-refractivity contribution in [3.05, 3.63) is 84.4 Å². The summed E-state index contributed by atoms with van der Waals surface area (Å²) in [7, 11) is 0. The topological polar surface area (TPSA) is 113 Å². The number of anilines is 3. The minimum Gasteiger partial charge on any atom is -0.369 e. The summed E-state index contributed by atoms with van der Waals surface area (Å²) in [4.78, 5) is 36.6. The number of nitrogens with one attached hydrogen (secondary N) is 3. The molecule has 0 spiro atoms. The van der Waals surface area contributed by atoms with Crippen molar-refractivity contribution in [3.8, 4) is 0 Å². The molecule has 30 heavy (non-hydrogen) atoms. The van der Waals surface area contributed by atoms with Crippen LogP contribution in [0, 0.1) is 0 Å². The van der Waals surface area contributed by atoms with Crippen LogP contribution in [0.4, 0.5) is 21.9 Å². The number of para-hydroxylation sites is 1. The summed E-state index contributed by atoms with van der Waals surface area (Å²) in [5.74, 6) is -0.698. The monoisotopic (exact) mass is 420 g/mol. The highest BCUT2D eigenvalue weighted by molar-refractivity contribution is 8.00. The largest absolute Gasteiger partial charge is 0.369 e. The van der Waals surface area contributed by atoms with Crippen LogP contribution in [-0.4, -0.2) is 23.6 Å². The van der Waals surface area contributed by atoms with Gasteiger partial charge in [0, 0.05) is 22.0 Å². The molecule has 7 nitrogen and oxygen atoms in total. The van der Waals surface area contributed by atoms with Crippen LogP contribution in [0.5, 0.6) is 0 Å². The van der Waals surface area contributed by atoms with E-state index in [1.54, 1.807) is 60.7 Å². The van der Waals surface area contributed by atoms with Gasteiger partial charge in [0.1, 0.15) is 0 Å². The third-order valence-corrected chi connectivity index (χ3v) is 5.01. The number of carbonyl (C=O) groups excluding carboxylic acids is 3. The number of hydrogen-bond acceptors (Lipinski definition) is 4. The van der Waals surface area contributed by atoms with E-state index in [0.717, 1.165) is 0 Å². The van der Waals surface area contributed by atoms with E-state index in [1.807, 2.05) is 18.2 Å². The van der Waals surface area contributed by atoms with E-state index in [2.05, 4.69) is 16.0 Å². The first-order valence-corrected chi connectivity index (χ1v) is 10.0. The summed E-state index contributed by atoms with van der Waals surface area (Å²) in [5.41, 5.74) is 7.35. The summed E-state index contributed by atoms with van der Waals surface area (Å²) in [5, 5.41) is 8.27. The van der Waals surface area contributed by atoms with Crippen LogP contribution in [-0.2, 0) is 4.79 Å². The molecule has 3 aromatic carbocycles. The van der Waals surface area contributed by atoms with Gasteiger partial charge in [-0.15, -0.1) is 11.8 Å². The molecule has 0 heterocycles. The van der Waals surface area contributed by atoms with Crippen molar-refractivity contribution in [3.63, 3.8) is 0 Å². The normalized spacial score (nSPS) is 10.1. The molecule has 0 unspecified atom stereocenters. The summed E-state index contributed by atoms with van der Waals surface area (Å²) >= 11 is 1.21. The van der Waals surface area contributed by atoms with Crippen molar-refractivity contribution in [1.82, 2.24) is 0 Å². The molecule has 3 rings (SSSR count). The number of primary amides is 1. The first-order valence-electron chi connectivity index (χ1n) is 9.06. The molecule has 0 aliphatic carbocycles. The van der Waals surface area contributed by atoms with E-state index in [-0.39, 0.29) is 11.7 Å². The van der Waals surface area contributed by atoms with Crippen molar-refractivity contribution in [1.29, 1.82) is 0 Å². The number of benzene rings is 3. The standard InChI is InChI=1S/C22H20N4O3S/c23-20(27)14-30-19-12-5-4-11-18(19)21(28)24-16-9-6-10-17(13-16)26-22(29)25-15-7-2-1-3-8-15/h1-13H,14H2,(H2,23,27)(H,24,28)(H2,25,26,29). The van der Waals surface area contributed by atoms with Crippen LogP contribution < -0.4 is 21.7 Å². The van der Waals surface area contributed by atoms with Crippen LogP contribution in [0.15, 0.2) is 83.8 Å². The number of carbonyl (C=O) groups is 3. The van der Waals surface area contributed by atoms with Crippen molar-refractivity contribution in [2.75, 3.05) is 21.7 Å². The summed E-state index contributed by atoms with van der Waals surface area (Å²) in [6.45, 7) is 0. The molecule has 152 valence electrons. The van der Waals surface area contributed by atoms with Gasteiger partial charge in [-0.1, -0.05) is 36.4 Å². The molecule has 0 atom stereocenters. The zero-order chi connectivity index (χ0) is 21.3. The van der Waals surface area contributed by atoms with E-state index in [1.165, 1.54) is 11.8 Å². The fourth-order valence-electron chi connectivity index (χ4n) is 2.62. The van der Waals surface area contributed by atoms with Gasteiger partial charge in [-0.3, -0.25) is 9.59 Å². The van der Waals surface area contributed by atoms with Crippen LogP contribution in [0.1, 0.15) is 10.4 Å². The highest BCUT2D eigenvalue weighted by atomic mass is 32.2. The quantitative estimate of drug-likeness (QED) is 0.430. The van der Waals surface area contributed by atoms with Crippen molar-refractivity contribution in [2.45, 2.75) is 4.90 Å². The number of urea groups is 1. The lowest BCUT2D eigenvalue weighted by Gasteiger charge is -2.11. The highest BCUT2D eigenvalue weighted by Crippen LogP contribution is 2.24. The van der Waals surface area contributed by atoms with Gasteiger partial charge in [0.25, 0.3) is 5.91 Å². The Morgan fingerprint density at radius 2 is 1.33 bits per heavy atom. The van der Waals surface area contributed by atoms with Gasteiger partial charge in [-0.2, -0.15) is 0 Å². The van der Waals surface area contributed by atoms with Crippen LogP contribution >= 0.6 is 11.8 Å². The Kier molecular flexibility index (Phi) is 7.07. The Hall–Kier alpha value is -3.78. The van der Waals surface area contributed by atoms with Crippen LogP contribution in [0.25, 0.3) is 0 Å². The summed E-state index contributed by atoms with van der Waals surface area (Å²) in [6.07, 6.45) is 0. The second-order valence-corrected chi connectivity index (χ2v) is 7.25. The predicted octanol–water partition coefficient (Wildman–Crippen LogP) is 4.16. The number of rotatable bonds is 7. The molecule has 0 bridgehead atoms. The minimum atomic E-state index is -0.456. The second-order valence-electron chi connectivity index (χ2n) is 6.23. The zero-order valence-electron chi connectivity index (χ0n) is 15.9. The smallest absolute Gasteiger partial charge is 0.323 e. The Balaban J connectivity index is 1.66. The maximum absolute atomic E-state index is 12.7. The first kappa shape index (κ1) is 20.9. The molecule has 0 aromatic heterocycles. The van der Waals surface area contributed by atoms with Gasteiger partial charge in [-0.05, 0) is 42.5 Å². The number of hydrogen-bond donors (Lipinski definition) is 4. The molecule has 8 heteroatoms. The van der Waals surface area contributed by atoms with Gasteiger partial charge < -0.3 is 21.7 Å². The molecule has 0 saturated carbocycles. The molecule has 0 saturated heterocycles. The van der Waals surface area contributed by atoms with E-state index < -0.39 is 11.9 Å². The van der Waals surface area contributed by atoms with E-state index in [9.17, 15) is 14.4 Å². The molecule has 3 aromatic rings. The molecule has 0 aliphatic heterocycles. The zero-order valence-corrected chi connectivity index (χ0v) is 16.7. The third kappa shape index (κ3) is 6.11. The molecule has 0 radical (unpaired) electrons. The number of amides is 4. The molecular formula is C22H20N4O3S. The lowest BCUT2D eigenvalue weighted by Crippen LogP contribution is -2.19.